The first-order valence-electron chi connectivity index (χ1n) is 5.93. The monoisotopic (exact) mass is 257 g/mol. The first-order valence-corrected chi connectivity index (χ1v) is 5.93. The number of benzene rings is 2. The summed E-state index contributed by atoms with van der Waals surface area (Å²) in [6.45, 7) is 0. The third kappa shape index (κ3) is 2.07. The molecule has 0 fully saturated rings. The normalized spacial score (nSPS) is 13.2. The average Bonchev–Trinajstić information content (AvgIpc) is 2.55. The summed E-state index contributed by atoms with van der Waals surface area (Å²) in [4.78, 5) is 0. The Hall–Kier alpha value is -1.57. The van der Waals surface area contributed by atoms with Crippen molar-refractivity contribution in [2.45, 2.75) is 6.04 Å². The van der Waals surface area contributed by atoms with Crippen LogP contribution in [0.1, 0.15) is 28.3 Å². The van der Waals surface area contributed by atoms with E-state index in [1.54, 1.807) is 0 Å². The largest absolute Gasteiger partial charge is 0.309 e. The van der Waals surface area contributed by atoms with Crippen LogP contribution in [0.2, 0.25) is 0 Å². The van der Waals surface area contributed by atoms with E-state index in [9.17, 15) is 0 Å². The fourth-order valence-corrected chi connectivity index (χ4v) is 2.51. The van der Waals surface area contributed by atoms with Crippen molar-refractivity contribution in [1.82, 2.24) is 5.32 Å². The molecule has 0 radical (unpaired) electrons. The van der Waals surface area contributed by atoms with Crippen LogP contribution in [0.3, 0.4) is 0 Å². The lowest BCUT2D eigenvalue weighted by Crippen LogP contribution is -2.18. The van der Waals surface area contributed by atoms with E-state index >= 15 is 0 Å². The molecule has 18 heavy (non-hydrogen) atoms. The summed E-state index contributed by atoms with van der Waals surface area (Å²) in [5.74, 6) is 0. The van der Waals surface area contributed by atoms with Gasteiger partial charge >= 0.3 is 0 Å². The standard InChI is InChI=1S/C16H15N.ClH/c1-17-16-14-8-4-2-6-12(14)10-11-13-7-3-5-9-15(13)16;/h2-11,16-17H,1H3;1H. The van der Waals surface area contributed by atoms with Crippen LogP contribution in [0.15, 0.2) is 48.5 Å². The number of rotatable bonds is 1. The molecule has 0 saturated carbocycles. The maximum Gasteiger partial charge on any atom is 0.0586 e. The van der Waals surface area contributed by atoms with Gasteiger partial charge in [0.15, 0.2) is 0 Å². The van der Waals surface area contributed by atoms with Crippen molar-refractivity contribution in [2.24, 2.45) is 0 Å². The first kappa shape index (κ1) is 12.9. The highest BCUT2D eigenvalue weighted by atomic mass is 35.5. The molecule has 0 aromatic heterocycles. The SMILES string of the molecule is CNC1c2ccccc2C=Cc2ccccc21.Cl. The molecule has 1 aliphatic carbocycles. The lowest BCUT2D eigenvalue weighted by Gasteiger charge is -2.19. The molecule has 92 valence electrons. The summed E-state index contributed by atoms with van der Waals surface area (Å²) < 4.78 is 0. The molecular weight excluding hydrogens is 242 g/mol. The van der Waals surface area contributed by atoms with E-state index in [0.717, 1.165) is 0 Å². The summed E-state index contributed by atoms with van der Waals surface area (Å²) >= 11 is 0. The predicted molar refractivity (Wildman–Crippen MR) is 80.0 cm³/mol. The highest BCUT2D eigenvalue weighted by Crippen LogP contribution is 2.32. The molecule has 1 aliphatic rings. The fraction of sp³-hybridized carbons (Fsp3) is 0.125. The van der Waals surface area contributed by atoms with Crippen molar-refractivity contribution in [3.63, 3.8) is 0 Å². The Balaban J connectivity index is 0.00000120. The third-order valence-corrected chi connectivity index (χ3v) is 3.35. The van der Waals surface area contributed by atoms with Gasteiger partial charge in [-0.25, -0.2) is 0 Å². The molecule has 0 unspecified atom stereocenters. The Morgan fingerprint density at radius 1 is 0.778 bits per heavy atom. The van der Waals surface area contributed by atoms with Crippen LogP contribution in [0.25, 0.3) is 12.2 Å². The molecule has 0 aliphatic heterocycles. The summed E-state index contributed by atoms with van der Waals surface area (Å²) in [5, 5.41) is 3.42. The van der Waals surface area contributed by atoms with Crippen LogP contribution in [0.4, 0.5) is 0 Å². The molecule has 0 atom stereocenters. The summed E-state index contributed by atoms with van der Waals surface area (Å²) in [7, 11) is 2.02. The molecule has 3 rings (SSSR count). The molecule has 2 aromatic carbocycles. The Labute approximate surface area is 114 Å². The fourth-order valence-electron chi connectivity index (χ4n) is 2.51. The number of hydrogen-bond acceptors (Lipinski definition) is 1. The predicted octanol–water partition coefficient (Wildman–Crippen LogP) is 3.90. The Bertz CT molecular complexity index is 525. The third-order valence-electron chi connectivity index (χ3n) is 3.35. The molecule has 1 N–H and O–H groups in total. The van der Waals surface area contributed by atoms with Crippen LogP contribution >= 0.6 is 12.4 Å². The van der Waals surface area contributed by atoms with E-state index in [-0.39, 0.29) is 18.4 Å². The van der Waals surface area contributed by atoms with Crippen LogP contribution in [0.5, 0.6) is 0 Å². The molecule has 1 nitrogen and oxygen atoms in total. The van der Waals surface area contributed by atoms with Gasteiger partial charge in [0.25, 0.3) is 0 Å². The van der Waals surface area contributed by atoms with Gasteiger partial charge in [0, 0.05) is 0 Å². The quantitative estimate of drug-likeness (QED) is 0.817. The highest BCUT2D eigenvalue weighted by molar-refractivity contribution is 5.85. The second kappa shape index (κ2) is 5.38. The summed E-state index contributed by atoms with van der Waals surface area (Å²) in [6, 6.07) is 17.4. The van der Waals surface area contributed by atoms with Crippen LogP contribution < -0.4 is 5.32 Å². The van der Waals surface area contributed by atoms with Crippen molar-refractivity contribution < 1.29 is 0 Å². The minimum atomic E-state index is 0. The van der Waals surface area contributed by atoms with E-state index in [1.807, 2.05) is 7.05 Å². The number of hydrogen-bond donors (Lipinski definition) is 1. The highest BCUT2D eigenvalue weighted by Gasteiger charge is 2.18. The zero-order chi connectivity index (χ0) is 11.7. The van der Waals surface area contributed by atoms with E-state index in [4.69, 9.17) is 0 Å². The van der Waals surface area contributed by atoms with Gasteiger partial charge in [0.2, 0.25) is 0 Å². The van der Waals surface area contributed by atoms with Gasteiger partial charge in [-0.2, -0.15) is 0 Å². The molecule has 2 aromatic rings. The first-order chi connectivity index (χ1) is 8.40. The zero-order valence-electron chi connectivity index (χ0n) is 10.3. The van der Waals surface area contributed by atoms with Gasteiger partial charge in [0.05, 0.1) is 6.04 Å². The van der Waals surface area contributed by atoms with Gasteiger partial charge in [-0.05, 0) is 29.3 Å². The lowest BCUT2D eigenvalue weighted by molar-refractivity contribution is 0.690. The molecular formula is C16H16ClN. The second-order valence-corrected chi connectivity index (χ2v) is 4.31. The van der Waals surface area contributed by atoms with Crippen molar-refractivity contribution in [1.29, 1.82) is 0 Å². The molecule has 0 saturated heterocycles. The Morgan fingerprint density at radius 2 is 1.22 bits per heavy atom. The number of nitrogens with one attached hydrogen (secondary N) is 1. The molecule has 0 bridgehead atoms. The van der Waals surface area contributed by atoms with Crippen molar-refractivity contribution in [2.75, 3.05) is 7.05 Å². The second-order valence-electron chi connectivity index (χ2n) is 4.31. The summed E-state index contributed by atoms with van der Waals surface area (Å²) in [5.41, 5.74) is 5.28. The van der Waals surface area contributed by atoms with Crippen molar-refractivity contribution >= 4 is 24.6 Å². The maximum atomic E-state index is 3.42. The zero-order valence-corrected chi connectivity index (χ0v) is 11.1. The van der Waals surface area contributed by atoms with Crippen LogP contribution in [-0.4, -0.2) is 7.05 Å². The Kier molecular flexibility index (Phi) is 3.85. The van der Waals surface area contributed by atoms with Gasteiger partial charge in [-0.3, -0.25) is 0 Å². The van der Waals surface area contributed by atoms with Gasteiger partial charge in [-0.1, -0.05) is 60.7 Å². The van der Waals surface area contributed by atoms with E-state index in [0.29, 0.717) is 0 Å². The molecule has 2 heteroatoms. The van der Waals surface area contributed by atoms with Crippen LogP contribution in [-0.2, 0) is 0 Å². The molecule has 0 heterocycles. The maximum absolute atomic E-state index is 3.42. The molecule has 0 amide bonds. The van der Waals surface area contributed by atoms with Crippen LogP contribution in [0, 0.1) is 0 Å². The van der Waals surface area contributed by atoms with Crippen molar-refractivity contribution in [3.8, 4) is 0 Å². The topological polar surface area (TPSA) is 12.0 Å². The Morgan fingerprint density at radius 3 is 1.67 bits per heavy atom. The lowest BCUT2D eigenvalue weighted by atomic mass is 9.94. The van der Waals surface area contributed by atoms with Gasteiger partial charge in [-0.15, -0.1) is 12.4 Å². The van der Waals surface area contributed by atoms with E-state index < -0.39 is 0 Å². The summed E-state index contributed by atoms with van der Waals surface area (Å²) in [6.07, 6.45) is 4.40. The minimum Gasteiger partial charge on any atom is -0.309 e. The molecule has 0 spiro atoms. The van der Waals surface area contributed by atoms with Crippen molar-refractivity contribution in [3.05, 3.63) is 70.8 Å². The smallest absolute Gasteiger partial charge is 0.0586 e. The average molecular weight is 258 g/mol. The van der Waals surface area contributed by atoms with Gasteiger partial charge < -0.3 is 5.32 Å². The number of halogens is 1. The van der Waals surface area contributed by atoms with Gasteiger partial charge in [0.1, 0.15) is 0 Å². The van der Waals surface area contributed by atoms with E-state index in [2.05, 4.69) is 66.0 Å². The van der Waals surface area contributed by atoms with E-state index in [1.165, 1.54) is 22.3 Å². The minimum absolute atomic E-state index is 0. The number of fused-ring (bicyclic) bond motifs is 2.